The second-order valence-corrected chi connectivity index (χ2v) is 6.87. The maximum atomic E-state index is 6.10. The number of benzene rings is 1. The van der Waals surface area contributed by atoms with Gasteiger partial charge in [-0.25, -0.2) is 4.98 Å². The van der Waals surface area contributed by atoms with Crippen LogP contribution in [0.2, 0.25) is 5.02 Å². The second-order valence-electron chi connectivity index (χ2n) is 6.43. The van der Waals surface area contributed by atoms with E-state index in [1.807, 2.05) is 25.1 Å². The predicted molar refractivity (Wildman–Crippen MR) is 113 cm³/mol. The fraction of sp³-hybridized carbons (Fsp3) is 0.200. The summed E-state index contributed by atoms with van der Waals surface area (Å²) >= 11 is 6.10. The van der Waals surface area contributed by atoms with Gasteiger partial charge in [0.15, 0.2) is 0 Å². The molecule has 29 heavy (non-hydrogen) atoms. The molecule has 0 amide bonds. The van der Waals surface area contributed by atoms with Gasteiger partial charge in [-0.3, -0.25) is 4.98 Å². The van der Waals surface area contributed by atoms with Crippen LogP contribution in [0.15, 0.2) is 48.8 Å². The van der Waals surface area contributed by atoms with Gasteiger partial charge < -0.3 is 15.4 Å². The van der Waals surface area contributed by atoms with Crippen molar-refractivity contribution in [1.29, 1.82) is 0 Å². The van der Waals surface area contributed by atoms with Crippen molar-refractivity contribution in [3.05, 3.63) is 65.1 Å². The molecule has 9 heteroatoms. The molecule has 3 heterocycles. The number of hydrogen-bond donors (Lipinski definition) is 2. The van der Waals surface area contributed by atoms with E-state index in [1.54, 1.807) is 42.2 Å². The maximum absolute atomic E-state index is 6.10. The van der Waals surface area contributed by atoms with Gasteiger partial charge in [-0.1, -0.05) is 11.6 Å². The van der Waals surface area contributed by atoms with Crippen LogP contribution in [0.4, 0.5) is 17.5 Å². The Kier molecular flexibility index (Phi) is 5.44. The van der Waals surface area contributed by atoms with Gasteiger partial charge >= 0.3 is 0 Å². The minimum Gasteiger partial charge on any atom is -0.495 e. The Morgan fingerprint density at radius 2 is 1.93 bits per heavy atom. The van der Waals surface area contributed by atoms with Gasteiger partial charge in [0.25, 0.3) is 5.78 Å². The van der Waals surface area contributed by atoms with Crippen molar-refractivity contribution < 1.29 is 4.74 Å². The van der Waals surface area contributed by atoms with Crippen molar-refractivity contribution in [2.24, 2.45) is 0 Å². The van der Waals surface area contributed by atoms with Crippen molar-refractivity contribution >= 4 is 34.8 Å². The number of rotatable bonds is 7. The summed E-state index contributed by atoms with van der Waals surface area (Å²) in [5, 5.41) is 11.7. The van der Waals surface area contributed by atoms with Gasteiger partial charge in [0.2, 0.25) is 5.95 Å². The van der Waals surface area contributed by atoms with E-state index < -0.39 is 0 Å². The van der Waals surface area contributed by atoms with Crippen LogP contribution >= 0.6 is 11.6 Å². The predicted octanol–water partition coefficient (Wildman–Crippen LogP) is 3.89. The zero-order chi connectivity index (χ0) is 20.2. The molecule has 0 saturated carbocycles. The standard InChI is InChI=1S/C20H20ClN7O/c1-13-11-18(23-10-7-14-5-8-22-9-6-14)28-20(24-13)26-19(27-28)25-16-12-15(21)3-4-17(16)29-2/h3-6,8-9,11-12,23H,7,10H2,1-2H3,(H,25,27). The summed E-state index contributed by atoms with van der Waals surface area (Å²) in [6.07, 6.45) is 4.46. The van der Waals surface area contributed by atoms with Crippen molar-refractivity contribution in [2.45, 2.75) is 13.3 Å². The molecule has 0 spiro atoms. The Labute approximate surface area is 172 Å². The molecule has 0 atom stereocenters. The van der Waals surface area contributed by atoms with Crippen LogP contribution in [-0.4, -0.2) is 38.2 Å². The molecule has 4 rings (SSSR count). The molecular weight excluding hydrogens is 390 g/mol. The molecule has 4 aromatic rings. The van der Waals surface area contributed by atoms with Crippen LogP contribution in [0.5, 0.6) is 5.75 Å². The second kappa shape index (κ2) is 8.32. The van der Waals surface area contributed by atoms with Crippen molar-refractivity contribution in [3.63, 3.8) is 0 Å². The van der Waals surface area contributed by atoms with Crippen LogP contribution in [0.1, 0.15) is 11.3 Å². The topological polar surface area (TPSA) is 89.3 Å². The van der Waals surface area contributed by atoms with Crippen LogP contribution in [0.25, 0.3) is 5.78 Å². The Morgan fingerprint density at radius 1 is 1.10 bits per heavy atom. The van der Waals surface area contributed by atoms with E-state index in [0.29, 0.717) is 28.2 Å². The first kappa shape index (κ1) is 18.9. The normalized spacial score (nSPS) is 10.9. The lowest BCUT2D eigenvalue weighted by Crippen LogP contribution is -2.10. The molecule has 8 nitrogen and oxygen atoms in total. The molecule has 0 saturated heterocycles. The first-order chi connectivity index (χ1) is 14.1. The number of pyridine rings is 1. The lowest BCUT2D eigenvalue weighted by molar-refractivity contribution is 0.417. The highest BCUT2D eigenvalue weighted by molar-refractivity contribution is 6.31. The summed E-state index contributed by atoms with van der Waals surface area (Å²) in [6, 6.07) is 11.3. The lowest BCUT2D eigenvalue weighted by Gasteiger charge is -2.09. The summed E-state index contributed by atoms with van der Waals surface area (Å²) in [7, 11) is 1.60. The van der Waals surface area contributed by atoms with E-state index in [-0.39, 0.29) is 0 Å². The van der Waals surface area contributed by atoms with Gasteiger partial charge in [-0.2, -0.15) is 9.50 Å². The number of ether oxygens (including phenoxy) is 1. The third kappa shape index (κ3) is 4.38. The molecule has 0 bridgehead atoms. The van der Waals surface area contributed by atoms with E-state index in [4.69, 9.17) is 16.3 Å². The summed E-state index contributed by atoms with van der Waals surface area (Å²) in [5.74, 6) is 2.37. The number of aromatic nitrogens is 5. The van der Waals surface area contributed by atoms with Crippen molar-refractivity contribution in [2.75, 3.05) is 24.3 Å². The molecule has 0 aliphatic rings. The molecule has 2 N–H and O–H groups in total. The lowest BCUT2D eigenvalue weighted by atomic mass is 10.2. The minimum atomic E-state index is 0.404. The van der Waals surface area contributed by atoms with E-state index in [9.17, 15) is 0 Å². The zero-order valence-corrected chi connectivity index (χ0v) is 16.8. The number of fused-ring (bicyclic) bond motifs is 1. The molecule has 3 aromatic heterocycles. The Balaban J connectivity index is 1.57. The Bertz CT molecular complexity index is 1130. The average molecular weight is 410 g/mol. The number of methoxy groups -OCH3 is 1. The molecule has 1 aromatic carbocycles. The summed E-state index contributed by atoms with van der Waals surface area (Å²) in [4.78, 5) is 13.0. The number of halogens is 1. The highest BCUT2D eigenvalue weighted by Crippen LogP contribution is 2.29. The van der Waals surface area contributed by atoms with Crippen molar-refractivity contribution in [1.82, 2.24) is 24.6 Å². The van der Waals surface area contributed by atoms with E-state index >= 15 is 0 Å². The molecule has 0 fully saturated rings. The Hall–Kier alpha value is -3.39. The Morgan fingerprint density at radius 3 is 2.72 bits per heavy atom. The zero-order valence-electron chi connectivity index (χ0n) is 16.1. The first-order valence-corrected chi connectivity index (χ1v) is 9.48. The summed E-state index contributed by atoms with van der Waals surface area (Å²) in [5.41, 5.74) is 2.74. The third-order valence-corrected chi connectivity index (χ3v) is 4.55. The number of hydrogen-bond acceptors (Lipinski definition) is 7. The smallest absolute Gasteiger partial charge is 0.256 e. The highest BCUT2D eigenvalue weighted by Gasteiger charge is 2.12. The molecule has 0 aliphatic carbocycles. The van der Waals surface area contributed by atoms with Gasteiger partial charge in [0, 0.05) is 35.7 Å². The van der Waals surface area contributed by atoms with E-state index in [2.05, 4.69) is 30.7 Å². The SMILES string of the molecule is COc1ccc(Cl)cc1Nc1nc2nc(C)cc(NCCc3ccncc3)n2n1. The number of aryl methyl sites for hydroxylation is 1. The van der Waals surface area contributed by atoms with Gasteiger partial charge in [-0.15, -0.1) is 5.10 Å². The van der Waals surface area contributed by atoms with Crippen LogP contribution in [0.3, 0.4) is 0 Å². The number of anilines is 3. The number of nitrogens with one attached hydrogen (secondary N) is 2. The minimum absolute atomic E-state index is 0.404. The van der Waals surface area contributed by atoms with Gasteiger partial charge in [0.1, 0.15) is 11.6 Å². The van der Waals surface area contributed by atoms with Crippen LogP contribution in [0, 0.1) is 6.92 Å². The third-order valence-electron chi connectivity index (χ3n) is 4.32. The molecule has 0 radical (unpaired) electrons. The average Bonchev–Trinajstić information content (AvgIpc) is 3.11. The van der Waals surface area contributed by atoms with Gasteiger partial charge in [0.05, 0.1) is 12.8 Å². The first-order valence-electron chi connectivity index (χ1n) is 9.10. The van der Waals surface area contributed by atoms with Crippen LogP contribution < -0.4 is 15.4 Å². The van der Waals surface area contributed by atoms with Crippen molar-refractivity contribution in [3.8, 4) is 5.75 Å². The van der Waals surface area contributed by atoms with Gasteiger partial charge in [-0.05, 0) is 49.2 Å². The quantitative estimate of drug-likeness (QED) is 0.478. The largest absolute Gasteiger partial charge is 0.495 e. The molecular formula is C20H20ClN7O. The van der Waals surface area contributed by atoms with E-state index in [1.165, 1.54) is 5.56 Å². The molecule has 148 valence electrons. The highest BCUT2D eigenvalue weighted by atomic mass is 35.5. The summed E-state index contributed by atoms with van der Waals surface area (Å²) in [6.45, 7) is 2.67. The van der Waals surface area contributed by atoms with Crippen LogP contribution in [-0.2, 0) is 6.42 Å². The monoisotopic (exact) mass is 409 g/mol. The molecule has 0 unspecified atom stereocenters. The fourth-order valence-electron chi connectivity index (χ4n) is 2.95. The molecule has 0 aliphatic heterocycles. The fourth-order valence-corrected chi connectivity index (χ4v) is 3.12. The van der Waals surface area contributed by atoms with E-state index in [0.717, 1.165) is 24.5 Å². The number of nitrogens with zero attached hydrogens (tertiary/aromatic N) is 5. The maximum Gasteiger partial charge on any atom is 0.256 e. The summed E-state index contributed by atoms with van der Waals surface area (Å²) < 4.78 is 7.05.